The van der Waals surface area contributed by atoms with Gasteiger partial charge in [-0.15, -0.1) is 0 Å². The van der Waals surface area contributed by atoms with E-state index in [1.807, 2.05) is 38.1 Å². The van der Waals surface area contributed by atoms with Crippen LogP contribution in [0.5, 0.6) is 17.2 Å². The van der Waals surface area contributed by atoms with Gasteiger partial charge in [0, 0.05) is 18.3 Å². The predicted octanol–water partition coefficient (Wildman–Crippen LogP) is 3.86. The SMILES string of the molecule is CCOc1ccc(NC(=O)NCCc2cccc(OC)c2)cc1OCC. The van der Waals surface area contributed by atoms with Crippen molar-refractivity contribution >= 4 is 11.7 Å². The molecule has 0 aliphatic carbocycles. The number of hydrogen-bond donors (Lipinski definition) is 2. The summed E-state index contributed by atoms with van der Waals surface area (Å²) in [6.07, 6.45) is 0.720. The fourth-order valence-electron chi connectivity index (χ4n) is 2.45. The van der Waals surface area contributed by atoms with E-state index in [-0.39, 0.29) is 6.03 Å². The Bertz CT molecular complexity index is 719. The minimum absolute atomic E-state index is 0.264. The summed E-state index contributed by atoms with van der Waals surface area (Å²) in [5.41, 5.74) is 1.75. The molecule has 0 bridgehead atoms. The number of hydrogen-bond acceptors (Lipinski definition) is 4. The average Bonchev–Trinajstić information content (AvgIpc) is 2.64. The maximum Gasteiger partial charge on any atom is 0.319 e. The fraction of sp³-hybridized carbons (Fsp3) is 0.350. The Hall–Kier alpha value is -2.89. The lowest BCUT2D eigenvalue weighted by atomic mass is 10.1. The zero-order valence-electron chi connectivity index (χ0n) is 15.5. The molecular weight excluding hydrogens is 332 g/mol. The maximum absolute atomic E-state index is 12.1. The number of carbonyl (C=O) groups is 1. The summed E-state index contributed by atoms with van der Waals surface area (Å²) in [6, 6.07) is 12.9. The Morgan fingerprint density at radius 2 is 1.77 bits per heavy atom. The van der Waals surface area contributed by atoms with Gasteiger partial charge < -0.3 is 24.8 Å². The molecule has 0 aliphatic heterocycles. The van der Waals surface area contributed by atoms with Crippen LogP contribution >= 0.6 is 0 Å². The second kappa shape index (κ2) is 10.2. The highest BCUT2D eigenvalue weighted by atomic mass is 16.5. The van der Waals surface area contributed by atoms with Crippen molar-refractivity contribution in [1.29, 1.82) is 0 Å². The van der Waals surface area contributed by atoms with E-state index in [0.29, 0.717) is 36.9 Å². The highest BCUT2D eigenvalue weighted by Gasteiger charge is 2.08. The van der Waals surface area contributed by atoms with Crippen molar-refractivity contribution in [2.45, 2.75) is 20.3 Å². The van der Waals surface area contributed by atoms with Gasteiger partial charge in [-0.25, -0.2) is 4.79 Å². The van der Waals surface area contributed by atoms with E-state index in [0.717, 1.165) is 17.7 Å². The fourth-order valence-corrected chi connectivity index (χ4v) is 2.45. The Balaban J connectivity index is 1.87. The quantitative estimate of drug-likeness (QED) is 0.714. The summed E-state index contributed by atoms with van der Waals surface area (Å²) in [7, 11) is 1.64. The van der Waals surface area contributed by atoms with Gasteiger partial charge in [-0.3, -0.25) is 0 Å². The van der Waals surface area contributed by atoms with Gasteiger partial charge in [-0.1, -0.05) is 12.1 Å². The summed E-state index contributed by atoms with van der Waals surface area (Å²) in [6.45, 7) is 5.42. The zero-order valence-corrected chi connectivity index (χ0v) is 15.5. The molecule has 140 valence electrons. The Morgan fingerprint density at radius 3 is 2.50 bits per heavy atom. The van der Waals surface area contributed by atoms with Crippen LogP contribution in [0.4, 0.5) is 10.5 Å². The van der Waals surface area contributed by atoms with Gasteiger partial charge in [0.25, 0.3) is 0 Å². The topological polar surface area (TPSA) is 68.8 Å². The van der Waals surface area contributed by atoms with Crippen molar-refractivity contribution < 1.29 is 19.0 Å². The minimum Gasteiger partial charge on any atom is -0.497 e. The molecule has 2 aromatic rings. The van der Waals surface area contributed by atoms with E-state index in [1.165, 1.54) is 0 Å². The molecule has 0 fully saturated rings. The Morgan fingerprint density at radius 1 is 1.00 bits per heavy atom. The van der Waals surface area contributed by atoms with Crippen LogP contribution in [0.25, 0.3) is 0 Å². The van der Waals surface area contributed by atoms with Gasteiger partial charge in [0.2, 0.25) is 0 Å². The van der Waals surface area contributed by atoms with Gasteiger partial charge in [-0.2, -0.15) is 0 Å². The van der Waals surface area contributed by atoms with Crippen LogP contribution in [0.3, 0.4) is 0 Å². The summed E-state index contributed by atoms with van der Waals surface area (Å²) < 4.78 is 16.3. The van der Waals surface area contributed by atoms with Gasteiger partial charge in [0.1, 0.15) is 5.75 Å². The van der Waals surface area contributed by atoms with Gasteiger partial charge in [0.15, 0.2) is 11.5 Å². The van der Waals surface area contributed by atoms with Crippen LogP contribution in [-0.4, -0.2) is 32.9 Å². The van der Waals surface area contributed by atoms with Crippen LogP contribution < -0.4 is 24.8 Å². The van der Waals surface area contributed by atoms with E-state index in [1.54, 1.807) is 25.3 Å². The molecule has 0 unspecified atom stereocenters. The third kappa shape index (κ3) is 5.88. The number of urea groups is 1. The van der Waals surface area contributed by atoms with Crippen molar-refractivity contribution in [2.24, 2.45) is 0 Å². The van der Waals surface area contributed by atoms with Crippen molar-refractivity contribution in [3.8, 4) is 17.2 Å². The van der Waals surface area contributed by atoms with E-state index < -0.39 is 0 Å². The van der Waals surface area contributed by atoms with Crippen LogP contribution in [0.1, 0.15) is 19.4 Å². The first-order valence-electron chi connectivity index (χ1n) is 8.73. The number of nitrogens with one attached hydrogen (secondary N) is 2. The van der Waals surface area contributed by atoms with E-state index in [4.69, 9.17) is 14.2 Å². The predicted molar refractivity (Wildman–Crippen MR) is 102 cm³/mol. The molecule has 0 saturated carbocycles. The van der Waals surface area contributed by atoms with Gasteiger partial charge >= 0.3 is 6.03 Å². The second-order valence-electron chi connectivity index (χ2n) is 5.51. The smallest absolute Gasteiger partial charge is 0.319 e. The van der Waals surface area contributed by atoms with E-state index >= 15 is 0 Å². The lowest BCUT2D eigenvalue weighted by Gasteiger charge is -2.13. The minimum atomic E-state index is -0.264. The molecule has 0 radical (unpaired) electrons. The number of amides is 2. The third-order valence-corrected chi connectivity index (χ3v) is 3.63. The standard InChI is InChI=1S/C20H26N2O4/c1-4-25-18-10-9-16(14-19(18)26-5-2)22-20(23)21-12-11-15-7-6-8-17(13-15)24-3/h6-10,13-14H,4-5,11-12H2,1-3H3,(H2,21,22,23). The summed E-state index contributed by atoms with van der Waals surface area (Å²) in [5.74, 6) is 2.09. The molecule has 2 rings (SSSR count). The Kier molecular flexibility index (Phi) is 7.61. The molecule has 0 heterocycles. The first-order chi connectivity index (χ1) is 12.7. The molecule has 0 saturated heterocycles. The number of benzene rings is 2. The molecule has 2 amide bonds. The second-order valence-corrected chi connectivity index (χ2v) is 5.51. The number of anilines is 1. The number of rotatable bonds is 9. The average molecular weight is 358 g/mol. The molecule has 0 aliphatic rings. The highest BCUT2D eigenvalue weighted by molar-refractivity contribution is 5.89. The van der Waals surface area contributed by atoms with Gasteiger partial charge in [0.05, 0.1) is 20.3 Å². The summed E-state index contributed by atoms with van der Waals surface area (Å²) >= 11 is 0. The Labute approximate surface area is 154 Å². The molecule has 2 aromatic carbocycles. The van der Waals surface area contributed by atoms with Crippen molar-refractivity contribution in [3.05, 3.63) is 48.0 Å². The van der Waals surface area contributed by atoms with Crippen LogP contribution in [0.15, 0.2) is 42.5 Å². The van der Waals surface area contributed by atoms with Gasteiger partial charge in [-0.05, 0) is 50.1 Å². The van der Waals surface area contributed by atoms with Crippen LogP contribution in [0.2, 0.25) is 0 Å². The molecule has 6 nitrogen and oxygen atoms in total. The molecule has 6 heteroatoms. The van der Waals surface area contributed by atoms with Crippen LogP contribution in [0, 0.1) is 0 Å². The first-order valence-corrected chi connectivity index (χ1v) is 8.73. The summed E-state index contributed by atoms with van der Waals surface area (Å²) in [5, 5.41) is 5.65. The number of methoxy groups -OCH3 is 1. The zero-order chi connectivity index (χ0) is 18.8. The molecule has 0 aromatic heterocycles. The van der Waals surface area contributed by atoms with E-state index in [2.05, 4.69) is 10.6 Å². The van der Waals surface area contributed by atoms with E-state index in [9.17, 15) is 4.79 Å². The normalized spacial score (nSPS) is 10.1. The van der Waals surface area contributed by atoms with Crippen molar-refractivity contribution in [2.75, 3.05) is 32.2 Å². The summed E-state index contributed by atoms with van der Waals surface area (Å²) in [4.78, 5) is 12.1. The largest absolute Gasteiger partial charge is 0.497 e. The molecule has 26 heavy (non-hydrogen) atoms. The van der Waals surface area contributed by atoms with Crippen LogP contribution in [-0.2, 0) is 6.42 Å². The third-order valence-electron chi connectivity index (χ3n) is 3.63. The lowest BCUT2D eigenvalue weighted by molar-refractivity contribution is 0.252. The number of ether oxygens (including phenoxy) is 3. The molecular formula is C20H26N2O4. The van der Waals surface area contributed by atoms with Crippen molar-refractivity contribution in [3.63, 3.8) is 0 Å². The number of carbonyl (C=O) groups excluding carboxylic acids is 1. The first kappa shape index (κ1) is 19.4. The molecule has 2 N–H and O–H groups in total. The maximum atomic E-state index is 12.1. The monoisotopic (exact) mass is 358 g/mol. The van der Waals surface area contributed by atoms with Crippen molar-refractivity contribution in [1.82, 2.24) is 5.32 Å². The molecule has 0 atom stereocenters. The highest BCUT2D eigenvalue weighted by Crippen LogP contribution is 2.30. The lowest BCUT2D eigenvalue weighted by Crippen LogP contribution is -2.30. The molecule has 0 spiro atoms.